The van der Waals surface area contributed by atoms with Crippen LogP contribution in [-0.4, -0.2) is 29.2 Å². The van der Waals surface area contributed by atoms with Crippen molar-refractivity contribution >= 4 is 5.95 Å². The molecule has 1 aliphatic rings. The SMILES string of the molecule is CCCCn1cc(CC)nc1N1CCC(CN)CC1. The Morgan fingerprint density at radius 3 is 2.63 bits per heavy atom. The van der Waals surface area contributed by atoms with Crippen molar-refractivity contribution in [3.63, 3.8) is 0 Å². The molecule has 0 saturated carbocycles. The fourth-order valence-electron chi connectivity index (χ4n) is 2.74. The van der Waals surface area contributed by atoms with Gasteiger partial charge in [-0.2, -0.15) is 0 Å². The van der Waals surface area contributed by atoms with Gasteiger partial charge in [-0.3, -0.25) is 0 Å². The fraction of sp³-hybridized carbons (Fsp3) is 0.800. The summed E-state index contributed by atoms with van der Waals surface area (Å²) >= 11 is 0. The third-order valence-corrected chi connectivity index (χ3v) is 4.15. The molecule has 1 aromatic heterocycles. The van der Waals surface area contributed by atoms with Gasteiger partial charge in [0.15, 0.2) is 0 Å². The molecule has 2 heterocycles. The highest BCUT2D eigenvalue weighted by Crippen LogP contribution is 2.23. The van der Waals surface area contributed by atoms with Gasteiger partial charge in [0.05, 0.1) is 5.69 Å². The first-order valence-corrected chi connectivity index (χ1v) is 7.79. The first-order chi connectivity index (χ1) is 9.28. The Labute approximate surface area is 117 Å². The molecule has 0 aromatic carbocycles. The van der Waals surface area contributed by atoms with E-state index in [0.29, 0.717) is 5.92 Å². The molecule has 0 amide bonds. The molecule has 1 saturated heterocycles. The van der Waals surface area contributed by atoms with Crippen LogP contribution in [0.1, 0.15) is 45.2 Å². The lowest BCUT2D eigenvalue weighted by Crippen LogP contribution is -2.37. The monoisotopic (exact) mass is 264 g/mol. The summed E-state index contributed by atoms with van der Waals surface area (Å²) in [6.45, 7) is 8.55. The number of rotatable bonds is 6. The van der Waals surface area contributed by atoms with Crippen LogP contribution in [0, 0.1) is 5.92 Å². The normalized spacial score (nSPS) is 17.1. The van der Waals surface area contributed by atoms with Gasteiger partial charge in [0.25, 0.3) is 0 Å². The lowest BCUT2D eigenvalue weighted by molar-refractivity contribution is 0.408. The summed E-state index contributed by atoms with van der Waals surface area (Å²) in [6.07, 6.45) is 8.13. The van der Waals surface area contributed by atoms with Crippen LogP contribution in [0.5, 0.6) is 0 Å². The van der Waals surface area contributed by atoms with Crippen LogP contribution >= 0.6 is 0 Å². The quantitative estimate of drug-likeness (QED) is 0.858. The summed E-state index contributed by atoms with van der Waals surface area (Å²) in [4.78, 5) is 7.26. The van der Waals surface area contributed by atoms with Crippen LogP contribution in [0.3, 0.4) is 0 Å². The second kappa shape index (κ2) is 6.94. The molecule has 4 heteroatoms. The van der Waals surface area contributed by atoms with Crippen molar-refractivity contribution < 1.29 is 0 Å². The van der Waals surface area contributed by atoms with Crippen molar-refractivity contribution in [1.29, 1.82) is 0 Å². The lowest BCUT2D eigenvalue weighted by atomic mass is 9.97. The first kappa shape index (κ1) is 14.4. The number of nitrogens with two attached hydrogens (primary N) is 1. The zero-order valence-corrected chi connectivity index (χ0v) is 12.4. The number of nitrogens with zero attached hydrogens (tertiary/aromatic N) is 3. The minimum absolute atomic E-state index is 0.709. The predicted octanol–water partition coefficient (Wildman–Crippen LogP) is 2.42. The number of piperidine rings is 1. The molecule has 0 atom stereocenters. The molecule has 0 aliphatic carbocycles. The van der Waals surface area contributed by atoms with Crippen molar-refractivity contribution in [1.82, 2.24) is 9.55 Å². The number of anilines is 1. The predicted molar refractivity (Wildman–Crippen MR) is 80.5 cm³/mol. The Bertz CT molecular complexity index is 377. The third kappa shape index (κ3) is 3.50. The average Bonchev–Trinajstić information content (AvgIpc) is 2.88. The van der Waals surface area contributed by atoms with Crippen molar-refractivity contribution in [2.45, 2.75) is 52.5 Å². The smallest absolute Gasteiger partial charge is 0.205 e. The minimum atomic E-state index is 0.709. The molecular formula is C15H28N4. The molecule has 2 rings (SSSR count). The van der Waals surface area contributed by atoms with E-state index < -0.39 is 0 Å². The molecule has 108 valence electrons. The van der Waals surface area contributed by atoms with E-state index in [1.165, 1.54) is 37.3 Å². The van der Waals surface area contributed by atoms with Crippen LogP contribution in [0.2, 0.25) is 0 Å². The van der Waals surface area contributed by atoms with Gasteiger partial charge in [0, 0.05) is 25.8 Å². The topological polar surface area (TPSA) is 47.1 Å². The molecule has 0 bridgehead atoms. The van der Waals surface area contributed by atoms with Crippen molar-refractivity contribution in [3.8, 4) is 0 Å². The molecule has 2 N–H and O–H groups in total. The second-order valence-corrected chi connectivity index (χ2v) is 5.60. The summed E-state index contributed by atoms with van der Waals surface area (Å²) < 4.78 is 2.35. The first-order valence-electron chi connectivity index (χ1n) is 7.79. The second-order valence-electron chi connectivity index (χ2n) is 5.60. The van der Waals surface area contributed by atoms with Crippen LogP contribution in [0.15, 0.2) is 6.20 Å². The number of aryl methyl sites for hydroxylation is 2. The Kier molecular flexibility index (Phi) is 5.25. The van der Waals surface area contributed by atoms with Gasteiger partial charge in [-0.25, -0.2) is 4.98 Å². The highest BCUT2D eigenvalue weighted by molar-refractivity contribution is 5.34. The maximum atomic E-state index is 5.77. The van der Waals surface area contributed by atoms with E-state index in [4.69, 9.17) is 10.7 Å². The van der Waals surface area contributed by atoms with Crippen molar-refractivity contribution in [3.05, 3.63) is 11.9 Å². The summed E-state index contributed by atoms with van der Waals surface area (Å²) in [7, 11) is 0. The van der Waals surface area contributed by atoms with Gasteiger partial charge < -0.3 is 15.2 Å². The zero-order chi connectivity index (χ0) is 13.7. The van der Waals surface area contributed by atoms with Crippen LogP contribution in [-0.2, 0) is 13.0 Å². The molecule has 1 fully saturated rings. The van der Waals surface area contributed by atoms with E-state index >= 15 is 0 Å². The number of hydrogen-bond acceptors (Lipinski definition) is 3. The standard InChI is InChI=1S/C15H28N4/c1-3-5-8-19-12-14(4-2)17-15(19)18-9-6-13(11-16)7-10-18/h12-13H,3-11,16H2,1-2H3. The van der Waals surface area contributed by atoms with Gasteiger partial charge in [0.1, 0.15) is 0 Å². The van der Waals surface area contributed by atoms with Crippen LogP contribution < -0.4 is 10.6 Å². The highest BCUT2D eigenvalue weighted by atomic mass is 15.3. The van der Waals surface area contributed by atoms with Crippen LogP contribution in [0.25, 0.3) is 0 Å². The van der Waals surface area contributed by atoms with E-state index in [2.05, 4.69) is 29.5 Å². The van der Waals surface area contributed by atoms with Gasteiger partial charge in [-0.15, -0.1) is 0 Å². The minimum Gasteiger partial charge on any atom is -0.342 e. The Balaban J connectivity index is 2.07. The largest absolute Gasteiger partial charge is 0.342 e. The number of aromatic nitrogens is 2. The summed E-state index contributed by atoms with van der Waals surface area (Å²) in [5, 5.41) is 0. The molecule has 19 heavy (non-hydrogen) atoms. The fourth-order valence-corrected chi connectivity index (χ4v) is 2.74. The lowest BCUT2D eigenvalue weighted by Gasteiger charge is -2.32. The number of unbranched alkanes of at least 4 members (excludes halogenated alkanes) is 1. The van der Waals surface area contributed by atoms with Gasteiger partial charge >= 0.3 is 0 Å². The van der Waals surface area contributed by atoms with Crippen LogP contribution in [0.4, 0.5) is 5.95 Å². The van der Waals surface area contributed by atoms with E-state index in [-0.39, 0.29) is 0 Å². The molecule has 0 radical (unpaired) electrons. The molecule has 4 nitrogen and oxygen atoms in total. The average molecular weight is 264 g/mol. The van der Waals surface area contributed by atoms with E-state index in [0.717, 1.165) is 32.6 Å². The maximum Gasteiger partial charge on any atom is 0.205 e. The third-order valence-electron chi connectivity index (χ3n) is 4.15. The van der Waals surface area contributed by atoms with Gasteiger partial charge in [0.2, 0.25) is 5.95 Å². The Morgan fingerprint density at radius 1 is 1.32 bits per heavy atom. The summed E-state index contributed by atoms with van der Waals surface area (Å²) in [5.41, 5.74) is 6.98. The molecular weight excluding hydrogens is 236 g/mol. The molecule has 1 aliphatic heterocycles. The van der Waals surface area contributed by atoms with Crippen molar-refractivity contribution in [2.24, 2.45) is 11.7 Å². The maximum absolute atomic E-state index is 5.77. The molecule has 0 spiro atoms. The summed E-state index contributed by atoms with van der Waals surface area (Å²) in [6, 6.07) is 0. The van der Waals surface area contributed by atoms with Gasteiger partial charge in [-0.05, 0) is 38.1 Å². The summed E-state index contributed by atoms with van der Waals surface area (Å²) in [5.74, 6) is 1.89. The van der Waals surface area contributed by atoms with E-state index in [9.17, 15) is 0 Å². The van der Waals surface area contributed by atoms with E-state index in [1.807, 2.05) is 0 Å². The van der Waals surface area contributed by atoms with Crippen molar-refractivity contribution in [2.75, 3.05) is 24.5 Å². The Hall–Kier alpha value is -1.03. The zero-order valence-electron chi connectivity index (χ0n) is 12.4. The highest BCUT2D eigenvalue weighted by Gasteiger charge is 2.21. The van der Waals surface area contributed by atoms with E-state index in [1.54, 1.807) is 0 Å². The molecule has 0 unspecified atom stereocenters. The van der Waals surface area contributed by atoms with Gasteiger partial charge in [-0.1, -0.05) is 20.3 Å². The Morgan fingerprint density at radius 2 is 2.05 bits per heavy atom. The number of imidazole rings is 1. The number of hydrogen-bond donors (Lipinski definition) is 1. The molecule has 1 aromatic rings.